The molecule has 2 rings (SSSR count). The van der Waals surface area contributed by atoms with Gasteiger partial charge >= 0.3 is 0 Å². The molecule has 1 aromatic heterocycles. The fourth-order valence-electron chi connectivity index (χ4n) is 1.20. The number of rotatable bonds is 3. The first-order valence-corrected chi connectivity index (χ1v) is 4.64. The SMILES string of the molecule is CC(C)C(=O)c1cn(C2CC2)nn1. The summed E-state index contributed by atoms with van der Waals surface area (Å²) in [6, 6.07) is 0.501. The van der Waals surface area contributed by atoms with Gasteiger partial charge in [-0.1, -0.05) is 19.1 Å². The quantitative estimate of drug-likeness (QED) is 0.660. The number of aromatic nitrogens is 3. The minimum Gasteiger partial charge on any atom is -0.292 e. The van der Waals surface area contributed by atoms with E-state index in [4.69, 9.17) is 0 Å². The zero-order valence-electron chi connectivity index (χ0n) is 7.90. The Kier molecular flexibility index (Phi) is 1.90. The lowest BCUT2D eigenvalue weighted by Gasteiger charge is -1.97. The van der Waals surface area contributed by atoms with Crippen molar-refractivity contribution >= 4 is 5.78 Å². The van der Waals surface area contributed by atoms with Crippen LogP contribution in [0.15, 0.2) is 6.20 Å². The Morgan fingerprint density at radius 2 is 2.31 bits per heavy atom. The van der Waals surface area contributed by atoms with Crippen LogP contribution in [0.5, 0.6) is 0 Å². The Balaban J connectivity index is 2.16. The molecule has 13 heavy (non-hydrogen) atoms. The van der Waals surface area contributed by atoms with Gasteiger partial charge in [0.15, 0.2) is 5.78 Å². The van der Waals surface area contributed by atoms with Crippen molar-refractivity contribution < 1.29 is 4.79 Å². The summed E-state index contributed by atoms with van der Waals surface area (Å²) in [6.07, 6.45) is 4.09. The maximum atomic E-state index is 11.5. The van der Waals surface area contributed by atoms with Crippen LogP contribution in [0.4, 0.5) is 0 Å². The number of Topliss-reactive ketones (excluding diaryl/α,β-unsaturated/α-hetero) is 1. The fourth-order valence-corrected chi connectivity index (χ4v) is 1.20. The lowest BCUT2D eigenvalue weighted by molar-refractivity contribution is 0.0934. The first kappa shape index (κ1) is 8.41. The molecule has 0 spiro atoms. The second kappa shape index (κ2) is 2.94. The number of hydrogen-bond donors (Lipinski definition) is 0. The molecule has 0 aromatic carbocycles. The molecule has 0 bridgehead atoms. The Hall–Kier alpha value is -1.19. The predicted octanol–water partition coefficient (Wildman–Crippen LogP) is 1.45. The standard InChI is InChI=1S/C9H13N3O/c1-6(2)9(13)8-5-12(11-10-8)7-3-4-7/h5-7H,3-4H2,1-2H3. The zero-order chi connectivity index (χ0) is 9.42. The van der Waals surface area contributed by atoms with Gasteiger partial charge in [-0.3, -0.25) is 4.79 Å². The van der Waals surface area contributed by atoms with Crippen molar-refractivity contribution in [3.8, 4) is 0 Å². The number of ketones is 1. The van der Waals surface area contributed by atoms with Crippen LogP contribution in [-0.2, 0) is 0 Å². The molecule has 0 aliphatic heterocycles. The highest BCUT2D eigenvalue weighted by Crippen LogP contribution is 2.33. The molecule has 0 unspecified atom stereocenters. The van der Waals surface area contributed by atoms with Crippen molar-refractivity contribution in [1.82, 2.24) is 15.0 Å². The summed E-state index contributed by atoms with van der Waals surface area (Å²) in [6.45, 7) is 3.75. The van der Waals surface area contributed by atoms with Crippen LogP contribution in [0.2, 0.25) is 0 Å². The molecule has 4 heteroatoms. The van der Waals surface area contributed by atoms with Gasteiger partial charge in [-0.2, -0.15) is 0 Å². The summed E-state index contributed by atoms with van der Waals surface area (Å²) in [5, 5.41) is 7.79. The third-order valence-corrected chi connectivity index (χ3v) is 2.21. The largest absolute Gasteiger partial charge is 0.292 e. The highest BCUT2D eigenvalue weighted by molar-refractivity contribution is 5.95. The topological polar surface area (TPSA) is 47.8 Å². The molecule has 0 amide bonds. The van der Waals surface area contributed by atoms with Crippen molar-refractivity contribution in [3.05, 3.63) is 11.9 Å². The fraction of sp³-hybridized carbons (Fsp3) is 0.667. The second-order valence-electron chi connectivity index (χ2n) is 3.83. The normalized spacial score (nSPS) is 16.5. The van der Waals surface area contributed by atoms with Gasteiger partial charge in [0.05, 0.1) is 12.2 Å². The number of carbonyl (C=O) groups excluding carboxylic acids is 1. The average Bonchev–Trinajstić information content (AvgIpc) is 2.83. The Morgan fingerprint density at radius 3 is 2.85 bits per heavy atom. The summed E-state index contributed by atoms with van der Waals surface area (Å²) in [7, 11) is 0. The molecule has 1 fully saturated rings. The monoisotopic (exact) mass is 179 g/mol. The Bertz CT molecular complexity index is 325. The van der Waals surface area contributed by atoms with Crippen LogP contribution in [0, 0.1) is 5.92 Å². The Labute approximate surface area is 76.9 Å². The molecule has 4 nitrogen and oxygen atoms in total. The zero-order valence-corrected chi connectivity index (χ0v) is 7.90. The Morgan fingerprint density at radius 1 is 1.62 bits per heavy atom. The van der Waals surface area contributed by atoms with Gasteiger partial charge in [0.1, 0.15) is 5.69 Å². The van der Waals surface area contributed by atoms with E-state index in [0.717, 1.165) is 0 Å². The molecule has 0 N–H and O–H groups in total. The van der Waals surface area contributed by atoms with E-state index in [0.29, 0.717) is 11.7 Å². The van der Waals surface area contributed by atoms with Gasteiger partial charge in [0.25, 0.3) is 0 Å². The van der Waals surface area contributed by atoms with Crippen molar-refractivity contribution in [3.63, 3.8) is 0 Å². The van der Waals surface area contributed by atoms with Crippen LogP contribution in [-0.4, -0.2) is 20.8 Å². The van der Waals surface area contributed by atoms with Gasteiger partial charge in [-0.15, -0.1) is 5.10 Å². The van der Waals surface area contributed by atoms with E-state index in [1.807, 2.05) is 13.8 Å². The van der Waals surface area contributed by atoms with Crippen molar-refractivity contribution in [2.75, 3.05) is 0 Å². The van der Waals surface area contributed by atoms with Gasteiger partial charge in [-0.05, 0) is 12.8 Å². The van der Waals surface area contributed by atoms with Crippen molar-refractivity contribution in [2.24, 2.45) is 5.92 Å². The number of hydrogen-bond acceptors (Lipinski definition) is 3. The van der Waals surface area contributed by atoms with E-state index in [-0.39, 0.29) is 11.7 Å². The molecule has 70 valence electrons. The summed E-state index contributed by atoms with van der Waals surface area (Å²) < 4.78 is 1.80. The maximum Gasteiger partial charge on any atom is 0.187 e. The van der Waals surface area contributed by atoms with E-state index in [2.05, 4.69) is 10.3 Å². The maximum absolute atomic E-state index is 11.5. The van der Waals surface area contributed by atoms with Crippen LogP contribution in [0.25, 0.3) is 0 Å². The minimum absolute atomic E-state index is 0.00403. The highest BCUT2D eigenvalue weighted by atomic mass is 16.1. The minimum atomic E-state index is 0.00403. The molecule has 1 aromatic rings. The number of nitrogens with zero attached hydrogens (tertiary/aromatic N) is 3. The van der Waals surface area contributed by atoms with E-state index >= 15 is 0 Å². The van der Waals surface area contributed by atoms with E-state index in [1.165, 1.54) is 12.8 Å². The van der Waals surface area contributed by atoms with Crippen molar-refractivity contribution in [1.29, 1.82) is 0 Å². The third-order valence-electron chi connectivity index (χ3n) is 2.21. The molecule has 0 saturated heterocycles. The van der Waals surface area contributed by atoms with Gasteiger partial charge in [-0.25, -0.2) is 4.68 Å². The molecule has 1 aliphatic carbocycles. The molecular formula is C9H13N3O. The summed E-state index contributed by atoms with van der Waals surface area (Å²) in [4.78, 5) is 11.5. The van der Waals surface area contributed by atoms with E-state index in [1.54, 1.807) is 10.9 Å². The van der Waals surface area contributed by atoms with E-state index in [9.17, 15) is 4.79 Å². The third kappa shape index (κ3) is 1.61. The second-order valence-corrected chi connectivity index (χ2v) is 3.83. The van der Waals surface area contributed by atoms with E-state index < -0.39 is 0 Å². The molecule has 0 atom stereocenters. The summed E-state index contributed by atoms with van der Waals surface area (Å²) in [5.74, 6) is 0.0799. The van der Waals surface area contributed by atoms with Gasteiger partial charge in [0.2, 0.25) is 0 Å². The first-order valence-electron chi connectivity index (χ1n) is 4.64. The van der Waals surface area contributed by atoms with Crippen LogP contribution in [0.1, 0.15) is 43.2 Å². The summed E-state index contributed by atoms with van der Waals surface area (Å²) >= 11 is 0. The first-order chi connectivity index (χ1) is 6.18. The molecule has 1 aliphatic rings. The van der Waals surface area contributed by atoms with Gasteiger partial charge in [0, 0.05) is 5.92 Å². The smallest absolute Gasteiger partial charge is 0.187 e. The predicted molar refractivity (Wildman–Crippen MR) is 47.5 cm³/mol. The van der Waals surface area contributed by atoms with Crippen LogP contribution >= 0.6 is 0 Å². The number of carbonyl (C=O) groups is 1. The highest BCUT2D eigenvalue weighted by Gasteiger charge is 2.26. The molecule has 1 saturated carbocycles. The van der Waals surface area contributed by atoms with Gasteiger partial charge < -0.3 is 0 Å². The van der Waals surface area contributed by atoms with Crippen LogP contribution < -0.4 is 0 Å². The lowest BCUT2D eigenvalue weighted by atomic mass is 10.1. The lowest BCUT2D eigenvalue weighted by Crippen LogP contribution is -2.07. The molecule has 0 radical (unpaired) electrons. The molecule has 1 heterocycles. The summed E-state index contributed by atoms with van der Waals surface area (Å²) in [5.41, 5.74) is 0.502. The average molecular weight is 179 g/mol. The van der Waals surface area contributed by atoms with Crippen molar-refractivity contribution in [2.45, 2.75) is 32.7 Å². The van der Waals surface area contributed by atoms with Crippen LogP contribution in [0.3, 0.4) is 0 Å². The molecular weight excluding hydrogens is 166 g/mol.